The van der Waals surface area contributed by atoms with Crippen molar-refractivity contribution in [2.75, 3.05) is 11.9 Å². The van der Waals surface area contributed by atoms with Gasteiger partial charge in [-0.2, -0.15) is 8.42 Å². The van der Waals surface area contributed by atoms with Crippen molar-refractivity contribution in [2.45, 2.75) is 50.3 Å². The maximum absolute atomic E-state index is 11.9. The Morgan fingerprint density at radius 3 is 2.10 bits per heavy atom. The summed E-state index contributed by atoms with van der Waals surface area (Å²) >= 11 is 3.41. The number of benzene rings is 1. The zero-order valence-electron chi connectivity index (χ0n) is 12.0. The van der Waals surface area contributed by atoms with Crippen molar-refractivity contribution in [3.8, 4) is 0 Å². The normalized spacial score (nSPS) is 11.7. The molecule has 5 heteroatoms. The van der Waals surface area contributed by atoms with Crippen LogP contribution in [0.25, 0.3) is 0 Å². The van der Waals surface area contributed by atoms with Gasteiger partial charge in [0.25, 0.3) is 10.1 Å². The van der Waals surface area contributed by atoms with Crippen molar-refractivity contribution in [1.82, 2.24) is 0 Å². The fraction of sp³-hybridized carbons (Fsp3) is 0.600. The number of hydrogen-bond acceptors (Lipinski definition) is 3. The minimum Gasteiger partial charge on any atom is -0.266 e. The van der Waals surface area contributed by atoms with Crippen molar-refractivity contribution in [3.05, 3.63) is 29.8 Å². The molecule has 0 atom stereocenters. The van der Waals surface area contributed by atoms with E-state index in [1.54, 1.807) is 24.3 Å². The Balaban J connectivity index is 2.22. The summed E-state index contributed by atoms with van der Waals surface area (Å²) in [6, 6.07) is 6.73. The number of hydrogen-bond donors (Lipinski definition) is 0. The van der Waals surface area contributed by atoms with Gasteiger partial charge in [-0.25, -0.2) is 0 Å². The Morgan fingerprint density at radius 1 is 0.950 bits per heavy atom. The smallest absolute Gasteiger partial charge is 0.266 e. The Morgan fingerprint density at radius 2 is 1.50 bits per heavy atom. The SMILES string of the molecule is Cc1ccc(S(=O)(=O)OCCCCCCCCBr)cc1. The molecule has 1 aromatic rings. The summed E-state index contributed by atoms with van der Waals surface area (Å²) in [6.07, 6.45) is 6.59. The van der Waals surface area contributed by atoms with Crippen LogP contribution in [0.4, 0.5) is 0 Å². The molecule has 0 aliphatic heterocycles. The molecule has 114 valence electrons. The van der Waals surface area contributed by atoms with Crippen LogP contribution >= 0.6 is 15.9 Å². The van der Waals surface area contributed by atoms with E-state index in [2.05, 4.69) is 15.9 Å². The lowest BCUT2D eigenvalue weighted by Crippen LogP contribution is -2.07. The lowest BCUT2D eigenvalue weighted by Gasteiger charge is -2.06. The van der Waals surface area contributed by atoms with Crippen molar-refractivity contribution < 1.29 is 12.6 Å². The highest BCUT2D eigenvalue weighted by molar-refractivity contribution is 9.09. The molecule has 20 heavy (non-hydrogen) atoms. The summed E-state index contributed by atoms with van der Waals surface area (Å²) in [6.45, 7) is 2.20. The third-order valence-electron chi connectivity index (χ3n) is 3.08. The molecule has 0 unspecified atom stereocenters. The standard InChI is InChI=1S/C15H23BrO3S/c1-14-8-10-15(11-9-14)20(17,18)19-13-7-5-3-2-4-6-12-16/h8-11H,2-7,12-13H2,1H3. The molecule has 0 heterocycles. The minimum atomic E-state index is -3.58. The Bertz CT molecular complexity index is 468. The van der Waals surface area contributed by atoms with E-state index >= 15 is 0 Å². The first kappa shape index (κ1) is 17.7. The zero-order chi connectivity index (χ0) is 14.8. The molecule has 0 aliphatic rings. The predicted molar refractivity (Wildman–Crippen MR) is 85.8 cm³/mol. The summed E-state index contributed by atoms with van der Waals surface area (Å²) in [4.78, 5) is 0.237. The number of halogens is 1. The highest BCUT2D eigenvalue weighted by atomic mass is 79.9. The summed E-state index contributed by atoms with van der Waals surface area (Å²) in [5.74, 6) is 0. The van der Waals surface area contributed by atoms with Crippen LogP contribution in [0.1, 0.15) is 44.1 Å². The second kappa shape index (κ2) is 9.53. The Hall–Kier alpha value is -0.390. The molecule has 1 aromatic carbocycles. The Labute approximate surface area is 131 Å². The largest absolute Gasteiger partial charge is 0.296 e. The van der Waals surface area contributed by atoms with E-state index in [9.17, 15) is 8.42 Å². The monoisotopic (exact) mass is 362 g/mol. The van der Waals surface area contributed by atoms with Crippen LogP contribution in [0.15, 0.2) is 29.2 Å². The number of alkyl halides is 1. The molecular weight excluding hydrogens is 340 g/mol. The first-order chi connectivity index (χ1) is 9.56. The number of aryl methyl sites for hydroxylation is 1. The first-order valence-corrected chi connectivity index (χ1v) is 9.61. The van der Waals surface area contributed by atoms with Gasteiger partial charge in [0.05, 0.1) is 11.5 Å². The number of unbranched alkanes of at least 4 members (excludes halogenated alkanes) is 5. The fourth-order valence-electron chi connectivity index (χ4n) is 1.85. The van der Waals surface area contributed by atoms with Gasteiger partial charge in [-0.3, -0.25) is 4.18 Å². The molecular formula is C15H23BrO3S. The second-order valence-corrected chi connectivity index (χ2v) is 7.31. The molecule has 0 amide bonds. The Kier molecular flexibility index (Phi) is 8.41. The van der Waals surface area contributed by atoms with Gasteiger partial charge in [0.1, 0.15) is 0 Å². The van der Waals surface area contributed by atoms with E-state index in [1.165, 1.54) is 19.3 Å². The van der Waals surface area contributed by atoms with Gasteiger partial charge in [0, 0.05) is 5.33 Å². The van der Waals surface area contributed by atoms with E-state index in [0.29, 0.717) is 0 Å². The van der Waals surface area contributed by atoms with Gasteiger partial charge in [0.2, 0.25) is 0 Å². The van der Waals surface area contributed by atoms with Crippen LogP contribution < -0.4 is 0 Å². The fourth-order valence-corrected chi connectivity index (χ4v) is 3.18. The van der Waals surface area contributed by atoms with Gasteiger partial charge in [-0.05, 0) is 31.9 Å². The van der Waals surface area contributed by atoms with Crippen molar-refractivity contribution in [1.29, 1.82) is 0 Å². The third kappa shape index (κ3) is 6.86. The van der Waals surface area contributed by atoms with Crippen molar-refractivity contribution in [2.24, 2.45) is 0 Å². The van der Waals surface area contributed by atoms with E-state index in [4.69, 9.17) is 4.18 Å². The number of rotatable bonds is 10. The highest BCUT2D eigenvalue weighted by Crippen LogP contribution is 2.14. The van der Waals surface area contributed by atoms with Crippen LogP contribution in [0.5, 0.6) is 0 Å². The van der Waals surface area contributed by atoms with Gasteiger partial charge in [-0.1, -0.05) is 59.3 Å². The molecule has 0 radical (unpaired) electrons. The summed E-state index contributed by atoms with van der Waals surface area (Å²) in [7, 11) is -3.58. The van der Waals surface area contributed by atoms with Crippen LogP contribution in [-0.2, 0) is 14.3 Å². The molecule has 0 saturated carbocycles. The van der Waals surface area contributed by atoms with Crippen molar-refractivity contribution >= 4 is 26.0 Å². The van der Waals surface area contributed by atoms with Gasteiger partial charge in [0.15, 0.2) is 0 Å². The molecule has 0 aromatic heterocycles. The zero-order valence-corrected chi connectivity index (χ0v) is 14.4. The second-order valence-electron chi connectivity index (χ2n) is 4.90. The van der Waals surface area contributed by atoms with Crippen LogP contribution in [0, 0.1) is 6.92 Å². The van der Waals surface area contributed by atoms with E-state index in [-0.39, 0.29) is 11.5 Å². The topological polar surface area (TPSA) is 43.4 Å². The van der Waals surface area contributed by atoms with E-state index in [0.717, 1.165) is 30.2 Å². The third-order valence-corrected chi connectivity index (χ3v) is 4.96. The first-order valence-electron chi connectivity index (χ1n) is 7.08. The summed E-state index contributed by atoms with van der Waals surface area (Å²) < 4.78 is 28.8. The molecule has 1 rings (SSSR count). The maximum atomic E-state index is 11.9. The van der Waals surface area contributed by atoms with Gasteiger partial charge >= 0.3 is 0 Å². The van der Waals surface area contributed by atoms with E-state index < -0.39 is 10.1 Å². The van der Waals surface area contributed by atoms with Gasteiger partial charge in [-0.15, -0.1) is 0 Å². The molecule has 0 spiro atoms. The maximum Gasteiger partial charge on any atom is 0.296 e. The molecule has 0 fully saturated rings. The van der Waals surface area contributed by atoms with Crippen LogP contribution in [0.2, 0.25) is 0 Å². The average molecular weight is 363 g/mol. The quantitative estimate of drug-likeness (QED) is 0.351. The molecule has 0 aliphatic carbocycles. The van der Waals surface area contributed by atoms with E-state index in [1.807, 2.05) is 6.92 Å². The summed E-state index contributed by atoms with van der Waals surface area (Å²) in [5.41, 5.74) is 1.03. The van der Waals surface area contributed by atoms with Gasteiger partial charge < -0.3 is 0 Å². The molecule has 3 nitrogen and oxygen atoms in total. The lowest BCUT2D eigenvalue weighted by molar-refractivity contribution is 0.306. The molecule has 0 saturated heterocycles. The van der Waals surface area contributed by atoms with Crippen LogP contribution in [-0.4, -0.2) is 20.4 Å². The highest BCUT2D eigenvalue weighted by Gasteiger charge is 2.14. The molecule has 0 bridgehead atoms. The molecule has 0 N–H and O–H groups in total. The lowest BCUT2D eigenvalue weighted by atomic mass is 10.1. The minimum absolute atomic E-state index is 0.237. The van der Waals surface area contributed by atoms with Crippen LogP contribution in [0.3, 0.4) is 0 Å². The van der Waals surface area contributed by atoms with Crippen molar-refractivity contribution in [3.63, 3.8) is 0 Å². The predicted octanol–water partition coefficient (Wildman–Crippen LogP) is 4.44. The average Bonchev–Trinajstić information content (AvgIpc) is 2.42. The summed E-state index contributed by atoms with van der Waals surface area (Å²) in [5, 5.41) is 1.06.